The van der Waals surface area contributed by atoms with Crippen LogP contribution in [0.2, 0.25) is 0 Å². The lowest BCUT2D eigenvalue weighted by atomic mass is 9.95. The van der Waals surface area contributed by atoms with Crippen molar-refractivity contribution in [2.75, 3.05) is 33.9 Å². The van der Waals surface area contributed by atoms with Crippen molar-refractivity contribution in [1.82, 2.24) is 10.2 Å². The summed E-state index contributed by atoms with van der Waals surface area (Å²) in [6.45, 7) is 5.01. The Morgan fingerprint density at radius 1 is 1.07 bits per heavy atom. The predicted octanol–water partition coefficient (Wildman–Crippen LogP) is 3.91. The highest BCUT2D eigenvalue weighted by Gasteiger charge is 2.25. The van der Waals surface area contributed by atoms with Crippen LogP contribution in [0.4, 0.5) is 0 Å². The molecule has 1 N–H and O–H groups in total. The molecule has 1 heterocycles. The van der Waals surface area contributed by atoms with Crippen molar-refractivity contribution in [3.63, 3.8) is 0 Å². The van der Waals surface area contributed by atoms with E-state index in [1.54, 1.807) is 32.4 Å². The SMILES string of the molecule is COc1ccc(C(=O)NCC(c2ccccc2)N2CCC(C)CC2)cc1OC. The van der Waals surface area contributed by atoms with Crippen LogP contribution in [0.15, 0.2) is 48.5 Å². The van der Waals surface area contributed by atoms with Crippen molar-refractivity contribution in [3.8, 4) is 11.5 Å². The minimum Gasteiger partial charge on any atom is -0.493 e. The topological polar surface area (TPSA) is 50.8 Å². The summed E-state index contributed by atoms with van der Waals surface area (Å²) in [5.41, 5.74) is 1.81. The summed E-state index contributed by atoms with van der Waals surface area (Å²) in [5.74, 6) is 1.84. The highest BCUT2D eigenvalue weighted by molar-refractivity contribution is 5.94. The van der Waals surface area contributed by atoms with E-state index in [0.717, 1.165) is 19.0 Å². The number of carbonyl (C=O) groups excluding carboxylic acids is 1. The predicted molar refractivity (Wildman–Crippen MR) is 111 cm³/mol. The lowest BCUT2D eigenvalue weighted by Crippen LogP contribution is -2.42. The highest BCUT2D eigenvalue weighted by atomic mass is 16.5. The number of hydrogen-bond acceptors (Lipinski definition) is 4. The van der Waals surface area contributed by atoms with Crippen LogP contribution in [0.25, 0.3) is 0 Å². The molecule has 28 heavy (non-hydrogen) atoms. The third kappa shape index (κ3) is 4.84. The van der Waals surface area contributed by atoms with Gasteiger partial charge in [0, 0.05) is 12.1 Å². The first-order valence-electron chi connectivity index (χ1n) is 9.91. The molecule has 1 aliphatic rings. The van der Waals surface area contributed by atoms with E-state index in [4.69, 9.17) is 9.47 Å². The van der Waals surface area contributed by atoms with Gasteiger partial charge in [0.2, 0.25) is 0 Å². The molecule has 150 valence electrons. The molecule has 0 radical (unpaired) electrons. The Morgan fingerprint density at radius 2 is 1.75 bits per heavy atom. The number of piperidine rings is 1. The van der Waals surface area contributed by atoms with Crippen LogP contribution in [0.1, 0.15) is 41.7 Å². The first-order chi connectivity index (χ1) is 13.6. The molecule has 1 amide bonds. The maximum atomic E-state index is 12.8. The molecule has 1 atom stereocenters. The number of benzene rings is 2. The molecule has 0 saturated carbocycles. The smallest absolute Gasteiger partial charge is 0.251 e. The Hall–Kier alpha value is -2.53. The van der Waals surface area contributed by atoms with Crippen LogP contribution in [-0.4, -0.2) is 44.7 Å². The van der Waals surface area contributed by atoms with Gasteiger partial charge in [-0.2, -0.15) is 0 Å². The molecule has 0 aliphatic carbocycles. The Morgan fingerprint density at radius 3 is 2.39 bits per heavy atom. The van der Waals surface area contributed by atoms with Gasteiger partial charge in [0.15, 0.2) is 11.5 Å². The van der Waals surface area contributed by atoms with E-state index in [9.17, 15) is 4.79 Å². The molecule has 1 aliphatic heterocycles. The zero-order chi connectivity index (χ0) is 19.9. The van der Waals surface area contributed by atoms with Gasteiger partial charge in [-0.05, 0) is 55.6 Å². The number of ether oxygens (including phenoxy) is 2. The van der Waals surface area contributed by atoms with Gasteiger partial charge in [0.05, 0.1) is 20.3 Å². The Kier molecular flexibility index (Phi) is 6.93. The molecule has 1 saturated heterocycles. The fourth-order valence-electron chi connectivity index (χ4n) is 3.74. The molecule has 3 rings (SSSR count). The second kappa shape index (κ2) is 9.60. The van der Waals surface area contributed by atoms with Gasteiger partial charge in [0.25, 0.3) is 5.91 Å². The quantitative estimate of drug-likeness (QED) is 0.789. The number of nitrogens with zero attached hydrogens (tertiary/aromatic N) is 1. The third-order valence-corrected chi connectivity index (χ3v) is 5.55. The lowest BCUT2D eigenvalue weighted by molar-refractivity contribution is 0.0912. The summed E-state index contributed by atoms with van der Waals surface area (Å²) in [7, 11) is 3.16. The van der Waals surface area contributed by atoms with Gasteiger partial charge in [-0.15, -0.1) is 0 Å². The van der Waals surface area contributed by atoms with Crippen molar-refractivity contribution in [2.45, 2.75) is 25.8 Å². The second-order valence-electron chi connectivity index (χ2n) is 7.42. The summed E-state index contributed by atoms with van der Waals surface area (Å²) in [6, 6.07) is 15.9. The standard InChI is InChI=1S/C23H30N2O3/c1-17-11-13-25(14-12-17)20(18-7-5-4-6-8-18)16-24-23(26)19-9-10-21(27-2)22(15-19)28-3/h4-10,15,17,20H,11-14,16H2,1-3H3,(H,24,26). The molecule has 0 spiro atoms. The normalized spacial score (nSPS) is 16.4. The van der Waals surface area contributed by atoms with Crippen molar-refractivity contribution in [3.05, 3.63) is 59.7 Å². The van der Waals surface area contributed by atoms with E-state index < -0.39 is 0 Å². The van der Waals surface area contributed by atoms with Crippen molar-refractivity contribution in [1.29, 1.82) is 0 Å². The van der Waals surface area contributed by atoms with Crippen LogP contribution < -0.4 is 14.8 Å². The Balaban J connectivity index is 1.72. The summed E-state index contributed by atoms with van der Waals surface area (Å²) >= 11 is 0. The maximum Gasteiger partial charge on any atom is 0.251 e. The van der Waals surface area contributed by atoms with Gasteiger partial charge in [-0.3, -0.25) is 9.69 Å². The van der Waals surface area contributed by atoms with Crippen LogP contribution in [0, 0.1) is 5.92 Å². The summed E-state index contributed by atoms with van der Waals surface area (Å²) in [5, 5.41) is 3.12. The minimum absolute atomic E-state index is 0.104. The van der Waals surface area contributed by atoms with Crippen LogP contribution >= 0.6 is 0 Å². The van der Waals surface area contributed by atoms with Gasteiger partial charge >= 0.3 is 0 Å². The molecule has 0 aromatic heterocycles. The maximum absolute atomic E-state index is 12.8. The molecular formula is C23H30N2O3. The highest BCUT2D eigenvalue weighted by Crippen LogP contribution is 2.28. The van der Waals surface area contributed by atoms with Gasteiger partial charge in [-0.1, -0.05) is 37.3 Å². The number of amides is 1. The van der Waals surface area contributed by atoms with Gasteiger partial charge in [-0.25, -0.2) is 0 Å². The summed E-state index contributed by atoms with van der Waals surface area (Å²) in [6.07, 6.45) is 2.40. The van der Waals surface area contributed by atoms with Crippen LogP contribution in [0.5, 0.6) is 11.5 Å². The first kappa shape index (κ1) is 20.2. The number of likely N-dealkylation sites (tertiary alicyclic amines) is 1. The zero-order valence-electron chi connectivity index (χ0n) is 17.0. The molecule has 5 heteroatoms. The Bertz CT molecular complexity index is 771. The van der Waals surface area contributed by atoms with Crippen molar-refractivity contribution < 1.29 is 14.3 Å². The number of nitrogens with one attached hydrogen (secondary N) is 1. The molecule has 1 fully saturated rings. The Labute approximate surface area is 167 Å². The number of carbonyl (C=O) groups is 1. The average Bonchev–Trinajstić information content (AvgIpc) is 2.75. The third-order valence-electron chi connectivity index (χ3n) is 5.55. The second-order valence-corrected chi connectivity index (χ2v) is 7.42. The largest absolute Gasteiger partial charge is 0.493 e. The van der Waals surface area contributed by atoms with E-state index in [0.29, 0.717) is 23.6 Å². The van der Waals surface area contributed by atoms with Crippen LogP contribution in [0.3, 0.4) is 0 Å². The van der Waals surface area contributed by atoms with Crippen molar-refractivity contribution >= 4 is 5.91 Å². The average molecular weight is 383 g/mol. The van der Waals surface area contributed by atoms with Crippen LogP contribution in [-0.2, 0) is 0 Å². The molecule has 1 unspecified atom stereocenters. The van der Waals surface area contributed by atoms with E-state index in [1.165, 1.54) is 18.4 Å². The fourth-order valence-corrected chi connectivity index (χ4v) is 3.74. The van der Waals surface area contributed by atoms with Crippen molar-refractivity contribution in [2.24, 2.45) is 5.92 Å². The number of hydrogen-bond donors (Lipinski definition) is 1. The fraction of sp³-hybridized carbons (Fsp3) is 0.435. The first-order valence-corrected chi connectivity index (χ1v) is 9.91. The lowest BCUT2D eigenvalue weighted by Gasteiger charge is -2.37. The summed E-state index contributed by atoms with van der Waals surface area (Å²) < 4.78 is 10.6. The molecule has 0 bridgehead atoms. The number of methoxy groups -OCH3 is 2. The van der Waals surface area contributed by atoms with Gasteiger partial charge in [0.1, 0.15) is 0 Å². The van der Waals surface area contributed by atoms with E-state index in [2.05, 4.69) is 41.4 Å². The molecular weight excluding hydrogens is 352 g/mol. The van der Waals surface area contributed by atoms with E-state index in [1.807, 2.05) is 6.07 Å². The molecule has 2 aromatic rings. The van der Waals surface area contributed by atoms with E-state index >= 15 is 0 Å². The molecule has 5 nitrogen and oxygen atoms in total. The monoisotopic (exact) mass is 382 g/mol. The summed E-state index contributed by atoms with van der Waals surface area (Å²) in [4.78, 5) is 15.2. The van der Waals surface area contributed by atoms with Gasteiger partial charge < -0.3 is 14.8 Å². The number of rotatable bonds is 7. The van der Waals surface area contributed by atoms with E-state index in [-0.39, 0.29) is 11.9 Å². The molecule has 2 aromatic carbocycles. The minimum atomic E-state index is -0.104. The zero-order valence-corrected chi connectivity index (χ0v) is 17.0.